The number of hydrogen-bond donors (Lipinski definition) is 0. The Hall–Kier alpha value is -2.48. The number of amidine groups is 1. The monoisotopic (exact) mass is 376 g/mol. The highest BCUT2D eigenvalue weighted by Crippen LogP contribution is 2.44. The molecule has 0 saturated carbocycles. The number of ether oxygens (including phenoxy) is 3. The minimum Gasteiger partial charge on any atom is -0.493 e. The molecule has 0 radical (unpaired) electrons. The molecule has 7 nitrogen and oxygen atoms in total. The Balaban J connectivity index is 2.18. The first-order valence-electron chi connectivity index (χ1n) is 8.02. The average molecular weight is 376 g/mol. The van der Waals surface area contributed by atoms with Crippen molar-refractivity contribution in [3.05, 3.63) is 35.0 Å². The van der Waals surface area contributed by atoms with Crippen LogP contribution in [0.2, 0.25) is 0 Å². The summed E-state index contributed by atoms with van der Waals surface area (Å²) in [7, 11) is 4.41. The molecule has 0 N–H and O–H groups in total. The van der Waals surface area contributed by atoms with Gasteiger partial charge in [-0.25, -0.2) is 9.79 Å². The van der Waals surface area contributed by atoms with Gasteiger partial charge in [-0.15, -0.1) is 0 Å². The van der Waals surface area contributed by atoms with Crippen molar-refractivity contribution >= 4 is 28.8 Å². The average Bonchev–Trinajstić information content (AvgIpc) is 2.92. The molecule has 3 rings (SSSR count). The Kier molecular flexibility index (Phi) is 4.95. The number of benzene rings is 1. The molecule has 1 aromatic rings. The van der Waals surface area contributed by atoms with E-state index in [2.05, 4.69) is 4.99 Å². The highest BCUT2D eigenvalue weighted by molar-refractivity contribution is 8.15. The number of methoxy groups -OCH3 is 3. The van der Waals surface area contributed by atoms with E-state index >= 15 is 0 Å². The summed E-state index contributed by atoms with van der Waals surface area (Å²) in [5.74, 6) is 0.477. The molecule has 138 valence electrons. The molecule has 0 spiro atoms. The number of allylic oxidation sites excluding steroid dienone is 1. The second-order valence-corrected chi connectivity index (χ2v) is 7.18. The van der Waals surface area contributed by atoms with Gasteiger partial charge in [-0.2, -0.15) is 0 Å². The van der Waals surface area contributed by atoms with Gasteiger partial charge < -0.3 is 14.2 Å². The number of aliphatic imine (C=N–C) groups is 1. The predicted molar refractivity (Wildman–Crippen MR) is 98.3 cm³/mol. The highest BCUT2D eigenvalue weighted by Gasteiger charge is 2.46. The number of thioether (sulfide) groups is 1. The summed E-state index contributed by atoms with van der Waals surface area (Å²) in [4.78, 5) is 31.2. The normalized spacial score (nSPS) is 22.1. The molecule has 1 saturated heterocycles. The number of carbonyl (C=O) groups is 2. The maximum atomic E-state index is 12.8. The number of nitrogens with zero attached hydrogens (tertiary/aromatic N) is 2. The minimum absolute atomic E-state index is 0.0950. The standard InChI is InChI=1S/C18H20N2O5S/c1-9-14(17(22)25-5)15(20-16(21)10(2)26-18(20)19-9)11-6-7-12(23-3)13(8-11)24-4/h6-8,10,15H,1-5H3/t10-,15+/m0/s1. The lowest BCUT2D eigenvalue weighted by Crippen LogP contribution is -2.40. The number of hydrogen-bond acceptors (Lipinski definition) is 7. The summed E-state index contributed by atoms with van der Waals surface area (Å²) in [5.41, 5.74) is 1.60. The molecular formula is C18H20N2O5S. The topological polar surface area (TPSA) is 77.4 Å². The number of carbonyl (C=O) groups excluding carboxylic acids is 2. The van der Waals surface area contributed by atoms with Crippen molar-refractivity contribution in [2.75, 3.05) is 21.3 Å². The quantitative estimate of drug-likeness (QED) is 0.752. The van der Waals surface area contributed by atoms with Crippen molar-refractivity contribution < 1.29 is 23.8 Å². The zero-order chi connectivity index (χ0) is 19.0. The van der Waals surface area contributed by atoms with Crippen molar-refractivity contribution in [1.82, 2.24) is 4.90 Å². The third-order valence-corrected chi connectivity index (χ3v) is 5.44. The van der Waals surface area contributed by atoms with Crippen LogP contribution in [0.25, 0.3) is 0 Å². The zero-order valence-corrected chi connectivity index (χ0v) is 16.0. The number of esters is 1. The fourth-order valence-electron chi connectivity index (χ4n) is 3.11. The van der Waals surface area contributed by atoms with Gasteiger partial charge in [0.1, 0.15) is 0 Å². The van der Waals surface area contributed by atoms with Crippen LogP contribution < -0.4 is 9.47 Å². The Morgan fingerprint density at radius 3 is 2.50 bits per heavy atom. The maximum absolute atomic E-state index is 12.8. The Morgan fingerprint density at radius 2 is 1.88 bits per heavy atom. The molecule has 2 aliphatic heterocycles. The summed E-state index contributed by atoms with van der Waals surface area (Å²) in [5, 5.41) is 0.327. The Bertz CT molecular complexity index is 833. The molecule has 8 heteroatoms. The molecule has 2 aliphatic rings. The fraction of sp³-hybridized carbons (Fsp3) is 0.389. The molecule has 2 atom stereocenters. The predicted octanol–water partition coefficient (Wildman–Crippen LogP) is 2.53. The second-order valence-electron chi connectivity index (χ2n) is 5.87. The molecule has 1 fully saturated rings. The molecular weight excluding hydrogens is 356 g/mol. The van der Waals surface area contributed by atoms with Crippen LogP contribution in [-0.2, 0) is 14.3 Å². The van der Waals surface area contributed by atoms with Crippen molar-refractivity contribution in [2.45, 2.75) is 25.1 Å². The van der Waals surface area contributed by atoms with Crippen LogP contribution in [0, 0.1) is 0 Å². The molecule has 0 bridgehead atoms. The second kappa shape index (κ2) is 7.03. The van der Waals surface area contributed by atoms with E-state index in [1.165, 1.54) is 26.0 Å². The van der Waals surface area contributed by atoms with Gasteiger partial charge in [-0.3, -0.25) is 9.69 Å². The number of amides is 1. The van der Waals surface area contributed by atoms with E-state index in [-0.39, 0.29) is 11.2 Å². The lowest BCUT2D eigenvalue weighted by Gasteiger charge is -2.33. The van der Waals surface area contributed by atoms with Crippen LogP contribution in [0.5, 0.6) is 11.5 Å². The van der Waals surface area contributed by atoms with E-state index in [9.17, 15) is 9.59 Å². The van der Waals surface area contributed by atoms with E-state index in [1.807, 2.05) is 13.0 Å². The van der Waals surface area contributed by atoms with Crippen LogP contribution in [0.15, 0.2) is 34.5 Å². The van der Waals surface area contributed by atoms with E-state index in [4.69, 9.17) is 14.2 Å². The van der Waals surface area contributed by atoms with Crippen LogP contribution in [0.1, 0.15) is 25.5 Å². The first-order chi connectivity index (χ1) is 12.4. The molecule has 2 heterocycles. The van der Waals surface area contributed by atoms with Crippen molar-refractivity contribution in [3.63, 3.8) is 0 Å². The lowest BCUT2D eigenvalue weighted by molar-refractivity contribution is -0.137. The largest absolute Gasteiger partial charge is 0.493 e. The lowest BCUT2D eigenvalue weighted by atomic mass is 9.94. The number of rotatable bonds is 4. The number of fused-ring (bicyclic) bond motifs is 1. The van der Waals surface area contributed by atoms with Gasteiger partial charge in [0.05, 0.1) is 43.9 Å². The molecule has 0 aromatic heterocycles. The SMILES string of the molecule is COC(=O)C1=C(C)N=C2S[C@@H](C)C(=O)N2[C@@H]1c1ccc(OC)c(OC)c1. The highest BCUT2D eigenvalue weighted by atomic mass is 32.2. The van der Waals surface area contributed by atoms with Crippen LogP contribution in [-0.4, -0.2) is 48.5 Å². The third-order valence-electron chi connectivity index (χ3n) is 4.39. The van der Waals surface area contributed by atoms with Crippen molar-refractivity contribution in [3.8, 4) is 11.5 Å². The van der Waals surface area contributed by atoms with Crippen LogP contribution in [0.3, 0.4) is 0 Å². The molecule has 0 unspecified atom stereocenters. The summed E-state index contributed by atoms with van der Waals surface area (Å²) in [6, 6.07) is 4.70. The van der Waals surface area contributed by atoms with Crippen molar-refractivity contribution in [2.24, 2.45) is 4.99 Å². The fourth-order valence-corrected chi connectivity index (χ4v) is 4.14. The van der Waals surface area contributed by atoms with Gasteiger partial charge in [0.25, 0.3) is 0 Å². The van der Waals surface area contributed by atoms with Gasteiger partial charge in [0.15, 0.2) is 16.7 Å². The van der Waals surface area contributed by atoms with E-state index < -0.39 is 12.0 Å². The Labute approximate surface area is 156 Å². The smallest absolute Gasteiger partial charge is 0.338 e. The van der Waals surface area contributed by atoms with Gasteiger partial charge in [0, 0.05) is 0 Å². The third kappa shape index (κ3) is 2.84. The first-order valence-corrected chi connectivity index (χ1v) is 8.90. The van der Waals surface area contributed by atoms with Gasteiger partial charge in [0.2, 0.25) is 5.91 Å². The molecule has 26 heavy (non-hydrogen) atoms. The first kappa shape index (κ1) is 18.3. The van der Waals surface area contributed by atoms with E-state index in [0.717, 1.165) is 5.56 Å². The van der Waals surface area contributed by atoms with Gasteiger partial charge in [-0.1, -0.05) is 17.8 Å². The molecule has 1 amide bonds. The summed E-state index contributed by atoms with van der Waals surface area (Å²) >= 11 is 1.38. The Morgan fingerprint density at radius 1 is 1.19 bits per heavy atom. The zero-order valence-electron chi connectivity index (χ0n) is 15.2. The van der Waals surface area contributed by atoms with E-state index in [0.29, 0.717) is 27.9 Å². The summed E-state index contributed by atoms with van der Waals surface area (Å²) < 4.78 is 15.6. The molecule has 0 aliphatic carbocycles. The van der Waals surface area contributed by atoms with Gasteiger partial charge >= 0.3 is 5.97 Å². The summed E-state index contributed by atoms with van der Waals surface area (Å²) in [6.07, 6.45) is 0. The van der Waals surface area contributed by atoms with Crippen LogP contribution >= 0.6 is 11.8 Å². The maximum Gasteiger partial charge on any atom is 0.338 e. The van der Waals surface area contributed by atoms with Crippen molar-refractivity contribution in [1.29, 1.82) is 0 Å². The van der Waals surface area contributed by atoms with Crippen LogP contribution in [0.4, 0.5) is 0 Å². The summed E-state index contributed by atoms with van der Waals surface area (Å²) in [6.45, 7) is 3.57. The van der Waals surface area contributed by atoms with E-state index in [1.54, 1.807) is 31.1 Å². The minimum atomic E-state index is -0.625. The molecule has 1 aromatic carbocycles. The van der Waals surface area contributed by atoms with Gasteiger partial charge in [-0.05, 0) is 31.5 Å².